The summed E-state index contributed by atoms with van der Waals surface area (Å²) in [5.74, 6) is 0.348. The molecule has 0 unspecified atom stereocenters. The molecule has 156 valence electrons. The molecule has 1 fully saturated rings. The normalized spacial score (nSPS) is 15.0. The summed E-state index contributed by atoms with van der Waals surface area (Å²) >= 11 is 6.60. The summed E-state index contributed by atoms with van der Waals surface area (Å²) in [7, 11) is 1.35. The van der Waals surface area contributed by atoms with E-state index < -0.39 is 0 Å². The van der Waals surface area contributed by atoms with Crippen LogP contribution >= 0.6 is 24.0 Å². The van der Waals surface area contributed by atoms with Gasteiger partial charge in [-0.2, -0.15) is 0 Å². The van der Waals surface area contributed by atoms with Crippen LogP contribution in [0.2, 0.25) is 0 Å². The third-order valence-electron chi connectivity index (χ3n) is 4.70. The molecular formula is C23H23NO4S2. The van der Waals surface area contributed by atoms with Crippen molar-refractivity contribution >= 4 is 46.3 Å². The number of ether oxygens (including phenoxy) is 2. The fourth-order valence-corrected chi connectivity index (χ4v) is 4.23. The van der Waals surface area contributed by atoms with E-state index in [9.17, 15) is 9.59 Å². The van der Waals surface area contributed by atoms with Crippen LogP contribution in [-0.2, 0) is 20.9 Å². The average molecular weight is 442 g/mol. The van der Waals surface area contributed by atoms with Crippen molar-refractivity contribution in [2.45, 2.75) is 26.4 Å². The molecule has 1 saturated heterocycles. The van der Waals surface area contributed by atoms with Crippen LogP contribution in [0.5, 0.6) is 5.75 Å². The van der Waals surface area contributed by atoms with Crippen molar-refractivity contribution in [1.29, 1.82) is 0 Å². The van der Waals surface area contributed by atoms with Gasteiger partial charge in [-0.25, -0.2) is 0 Å². The second-order valence-electron chi connectivity index (χ2n) is 6.80. The summed E-state index contributed by atoms with van der Waals surface area (Å²) in [6.45, 7) is 2.98. The number of thiocarbonyl (C=S) groups is 1. The Balaban J connectivity index is 1.58. The van der Waals surface area contributed by atoms with Crippen molar-refractivity contribution in [2.24, 2.45) is 0 Å². The highest BCUT2D eigenvalue weighted by Crippen LogP contribution is 2.33. The number of aryl methyl sites for hydroxylation is 1. The summed E-state index contributed by atoms with van der Waals surface area (Å²) in [6, 6.07) is 15.7. The number of methoxy groups -OCH3 is 1. The quantitative estimate of drug-likeness (QED) is 0.335. The lowest BCUT2D eigenvalue weighted by Gasteiger charge is -2.13. The zero-order chi connectivity index (χ0) is 21.5. The van der Waals surface area contributed by atoms with E-state index in [-0.39, 0.29) is 18.3 Å². The SMILES string of the molecule is COC(=O)CCCN1C(=O)/C(=C/c2ccc(OCc3ccccc3C)cc2)SC1=S. The van der Waals surface area contributed by atoms with Crippen LogP contribution in [0, 0.1) is 6.92 Å². The molecule has 3 rings (SSSR count). The van der Waals surface area contributed by atoms with Crippen LogP contribution in [0.15, 0.2) is 53.4 Å². The monoisotopic (exact) mass is 441 g/mol. The van der Waals surface area contributed by atoms with Gasteiger partial charge in [-0.3, -0.25) is 14.5 Å². The Labute approximate surface area is 186 Å². The minimum atomic E-state index is -0.291. The predicted octanol–water partition coefficient (Wildman–Crippen LogP) is 4.73. The number of hydrogen-bond acceptors (Lipinski definition) is 6. The lowest BCUT2D eigenvalue weighted by molar-refractivity contribution is -0.141. The van der Waals surface area contributed by atoms with E-state index in [1.807, 2.05) is 42.5 Å². The van der Waals surface area contributed by atoms with Gasteiger partial charge in [0.1, 0.15) is 16.7 Å². The number of nitrogens with zero attached hydrogens (tertiary/aromatic N) is 1. The Hall–Kier alpha value is -2.64. The lowest BCUT2D eigenvalue weighted by Crippen LogP contribution is -2.29. The molecule has 1 aliphatic heterocycles. The molecule has 5 nitrogen and oxygen atoms in total. The van der Waals surface area contributed by atoms with Crippen molar-refractivity contribution in [1.82, 2.24) is 4.90 Å². The third kappa shape index (κ3) is 5.70. The van der Waals surface area contributed by atoms with Gasteiger partial charge in [-0.15, -0.1) is 0 Å². The maximum Gasteiger partial charge on any atom is 0.305 e. The fraction of sp³-hybridized carbons (Fsp3) is 0.261. The maximum atomic E-state index is 12.6. The van der Waals surface area contributed by atoms with Gasteiger partial charge in [-0.05, 0) is 48.2 Å². The number of thioether (sulfide) groups is 1. The second-order valence-corrected chi connectivity index (χ2v) is 8.47. The van der Waals surface area contributed by atoms with Gasteiger partial charge < -0.3 is 9.47 Å². The van der Waals surface area contributed by atoms with Crippen LogP contribution in [0.3, 0.4) is 0 Å². The number of esters is 1. The molecule has 0 N–H and O–H groups in total. The molecule has 2 aromatic carbocycles. The largest absolute Gasteiger partial charge is 0.489 e. The van der Waals surface area contributed by atoms with Crippen LogP contribution in [0.4, 0.5) is 0 Å². The highest BCUT2D eigenvalue weighted by atomic mass is 32.2. The number of carbonyl (C=O) groups is 2. The van der Waals surface area contributed by atoms with Gasteiger partial charge in [0.25, 0.3) is 5.91 Å². The van der Waals surface area contributed by atoms with E-state index in [1.54, 1.807) is 0 Å². The number of carbonyl (C=O) groups excluding carboxylic acids is 2. The first-order valence-electron chi connectivity index (χ1n) is 9.57. The van der Waals surface area contributed by atoms with E-state index >= 15 is 0 Å². The highest BCUT2D eigenvalue weighted by Gasteiger charge is 2.31. The van der Waals surface area contributed by atoms with Crippen LogP contribution in [0.25, 0.3) is 6.08 Å². The van der Waals surface area contributed by atoms with Gasteiger partial charge in [0.15, 0.2) is 0 Å². The van der Waals surface area contributed by atoms with Crippen molar-refractivity contribution in [3.63, 3.8) is 0 Å². The van der Waals surface area contributed by atoms with Crippen LogP contribution in [0.1, 0.15) is 29.5 Å². The summed E-state index contributed by atoms with van der Waals surface area (Å²) in [6.07, 6.45) is 2.60. The highest BCUT2D eigenvalue weighted by molar-refractivity contribution is 8.26. The topological polar surface area (TPSA) is 55.8 Å². The number of rotatable bonds is 8. The van der Waals surface area contributed by atoms with E-state index in [2.05, 4.69) is 23.8 Å². The van der Waals surface area contributed by atoms with Crippen LogP contribution < -0.4 is 4.74 Å². The van der Waals surface area contributed by atoms with Crippen LogP contribution in [-0.4, -0.2) is 34.8 Å². The molecule has 1 amide bonds. The molecule has 0 saturated carbocycles. The van der Waals surface area contributed by atoms with Gasteiger partial charge in [-0.1, -0.05) is 60.4 Å². The molecule has 1 heterocycles. The molecule has 0 aromatic heterocycles. The fourth-order valence-electron chi connectivity index (χ4n) is 2.92. The molecule has 0 aliphatic carbocycles. The summed E-state index contributed by atoms with van der Waals surface area (Å²) in [5.41, 5.74) is 3.24. The minimum absolute atomic E-state index is 0.130. The molecular weight excluding hydrogens is 418 g/mol. The van der Waals surface area contributed by atoms with Gasteiger partial charge in [0.05, 0.1) is 12.0 Å². The molecule has 30 heavy (non-hydrogen) atoms. The minimum Gasteiger partial charge on any atom is -0.489 e. The van der Waals surface area contributed by atoms with Crippen molar-refractivity contribution in [3.05, 3.63) is 70.1 Å². The molecule has 0 radical (unpaired) electrons. The first-order valence-corrected chi connectivity index (χ1v) is 10.8. The molecule has 0 atom stereocenters. The smallest absolute Gasteiger partial charge is 0.305 e. The lowest BCUT2D eigenvalue weighted by atomic mass is 10.1. The van der Waals surface area contributed by atoms with Crippen molar-refractivity contribution in [3.8, 4) is 5.75 Å². The number of benzene rings is 2. The van der Waals surface area contributed by atoms with Crippen molar-refractivity contribution < 1.29 is 19.1 Å². The predicted molar refractivity (Wildman–Crippen MR) is 123 cm³/mol. The summed E-state index contributed by atoms with van der Waals surface area (Å²) in [5, 5.41) is 0. The Bertz CT molecular complexity index is 969. The van der Waals surface area contributed by atoms with Crippen molar-refractivity contribution in [2.75, 3.05) is 13.7 Å². The zero-order valence-electron chi connectivity index (χ0n) is 16.9. The first kappa shape index (κ1) is 22.1. The van der Waals surface area contributed by atoms with E-state index in [0.717, 1.165) is 16.9 Å². The molecule has 0 bridgehead atoms. The van der Waals surface area contributed by atoms with Gasteiger partial charge in [0.2, 0.25) is 0 Å². The molecule has 7 heteroatoms. The molecule has 2 aromatic rings. The maximum absolute atomic E-state index is 12.6. The van der Waals surface area contributed by atoms with E-state index in [4.69, 9.17) is 17.0 Å². The Kier molecular flexibility index (Phi) is 7.65. The first-order chi connectivity index (χ1) is 14.5. The number of hydrogen-bond donors (Lipinski definition) is 0. The summed E-state index contributed by atoms with van der Waals surface area (Å²) < 4.78 is 11.0. The zero-order valence-corrected chi connectivity index (χ0v) is 18.6. The number of amides is 1. The average Bonchev–Trinajstić information content (AvgIpc) is 3.01. The third-order valence-corrected chi connectivity index (χ3v) is 6.08. The Morgan fingerprint density at radius 1 is 1.17 bits per heavy atom. The second kappa shape index (κ2) is 10.4. The molecule has 0 spiro atoms. The van der Waals surface area contributed by atoms with Gasteiger partial charge >= 0.3 is 5.97 Å². The summed E-state index contributed by atoms with van der Waals surface area (Å²) in [4.78, 5) is 26.0. The van der Waals surface area contributed by atoms with E-state index in [1.165, 1.54) is 29.3 Å². The Morgan fingerprint density at radius 2 is 1.90 bits per heavy atom. The Morgan fingerprint density at radius 3 is 2.60 bits per heavy atom. The van der Waals surface area contributed by atoms with Gasteiger partial charge in [0, 0.05) is 13.0 Å². The molecule has 1 aliphatic rings. The standard InChI is InChI=1S/C23H23NO4S2/c1-16-6-3-4-7-18(16)15-28-19-11-9-17(10-12-19)14-20-22(26)24(23(29)30-20)13-5-8-21(25)27-2/h3-4,6-7,9-12,14H,5,8,13,15H2,1-2H3/b20-14-. The van der Waals surface area contributed by atoms with E-state index in [0.29, 0.717) is 28.8 Å².